The lowest BCUT2D eigenvalue weighted by atomic mass is 10.1. The molecular formula is C17H17BrOS. The van der Waals surface area contributed by atoms with E-state index in [1.54, 1.807) is 11.8 Å². The quantitative estimate of drug-likeness (QED) is 0.515. The van der Waals surface area contributed by atoms with E-state index in [4.69, 9.17) is 0 Å². The topological polar surface area (TPSA) is 17.1 Å². The SMILES string of the molecule is CCCc1ccc(C(=O)CSc2ccc(Br)cc2)cc1. The number of carbonyl (C=O) groups excluding carboxylic acids is 1. The highest BCUT2D eigenvalue weighted by Gasteiger charge is 2.06. The second kappa shape index (κ2) is 7.65. The molecule has 0 saturated carbocycles. The van der Waals surface area contributed by atoms with Crippen molar-refractivity contribution in [1.29, 1.82) is 0 Å². The minimum absolute atomic E-state index is 0.181. The lowest BCUT2D eigenvalue weighted by Crippen LogP contribution is -2.02. The van der Waals surface area contributed by atoms with Gasteiger partial charge < -0.3 is 0 Å². The number of benzene rings is 2. The van der Waals surface area contributed by atoms with Crippen LogP contribution in [-0.4, -0.2) is 11.5 Å². The van der Waals surface area contributed by atoms with E-state index in [2.05, 4.69) is 35.0 Å². The Balaban J connectivity index is 1.92. The number of rotatable bonds is 6. The minimum atomic E-state index is 0.181. The molecule has 0 aliphatic rings. The molecular weight excluding hydrogens is 332 g/mol. The number of hydrogen-bond donors (Lipinski definition) is 0. The summed E-state index contributed by atoms with van der Waals surface area (Å²) >= 11 is 4.98. The average Bonchev–Trinajstić information content (AvgIpc) is 2.47. The maximum absolute atomic E-state index is 12.1. The van der Waals surface area contributed by atoms with E-state index in [9.17, 15) is 4.79 Å². The number of aryl methyl sites for hydroxylation is 1. The largest absolute Gasteiger partial charge is 0.293 e. The van der Waals surface area contributed by atoms with Crippen LogP contribution in [0.1, 0.15) is 29.3 Å². The summed E-state index contributed by atoms with van der Waals surface area (Å²) in [5.74, 6) is 0.662. The Morgan fingerprint density at radius 1 is 1.05 bits per heavy atom. The fraction of sp³-hybridized carbons (Fsp3) is 0.235. The summed E-state index contributed by atoms with van der Waals surface area (Å²) in [5, 5.41) is 0. The zero-order valence-electron chi connectivity index (χ0n) is 11.4. The molecule has 0 bridgehead atoms. The summed E-state index contributed by atoms with van der Waals surface area (Å²) in [7, 11) is 0. The maximum atomic E-state index is 12.1. The summed E-state index contributed by atoms with van der Waals surface area (Å²) < 4.78 is 1.06. The first-order valence-electron chi connectivity index (χ1n) is 6.69. The second-order valence-corrected chi connectivity index (χ2v) is 6.58. The van der Waals surface area contributed by atoms with Crippen molar-refractivity contribution in [1.82, 2.24) is 0 Å². The van der Waals surface area contributed by atoms with E-state index in [0.717, 1.165) is 27.8 Å². The van der Waals surface area contributed by atoms with Crippen LogP contribution in [0.5, 0.6) is 0 Å². The highest BCUT2D eigenvalue weighted by atomic mass is 79.9. The van der Waals surface area contributed by atoms with Gasteiger partial charge in [-0.25, -0.2) is 0 Å². The molecule has 2 rings (SSSR count). The van der Waals surface area contributed by atoms with E-state index in [1.165, 1.54) is 5.56 Å². The molecule has 0 aliphatic heterocycles. The fourth-order valence-corrected chi connectivity index (χ4v) is 2.97. The first-order chi connectivity index (χ1) is 9.69. The molecule has 20 heavy (non-hydrogen) atoms. The molecule has 0 radical (unpaired) electrons. The van der Waals surface area contributed by atoms with Crippen LogP contribution in [0.4, 0.5) is 0 Å². The Morgan fingerprint density at radius 3 is 2.30 bits per heavy atom. The van der Waals surface area contributed by atoms with Gasteiger partial charge in [0.1, 0.15) is 0 Å². The monoisotopic (exact) mass is 348 g/mol. The molecule has 3 heteroatoms. The lowest BCUT2D eigenvalue weighted by molar-refractivity contribution is 0.102. The van der Waals surface area contributed by atoms with Crippen LogP contribution < -0.4 is 0 Å². The van der Waals surface area contributed by atoms with E-state index in [1.807, 2.05) is 36.4 Å². The Kier molecular flexibility index (Phi) is 5.86. The summed E-state index contributed by atoms with van der Waals surface area (Å²) in [5.41, 5.74) is 2.10. The van der Waals surface area contributed by atoms with E-state index in [0.29, 0.717) is 5.75 Å². The van der Waals surface area contributed by atoms with Crippen molar-refractivity contribution in [3.8, 4) is 0 Å². The van der Waals surface area contributed by atoms with Gasteiger partial charge in [0.25, 0.3) is 0 Å². The summed E-state index contributed by atoms with van der Waals surface area (Å²) in [6.45, 7) is 2.16. The van der Waals surface area contributed by atoms with Crippen molar-refractivity contribution >= 4 is 33.5 Å². The third-order valence-electron chi connectivity index (χ3n) is 3.00. The van der Waals surface area contributed by atoms with Gasteiger partial charge in [0.2, 0.25) is 0 Å². The zero-order valence-corrected chi connectivity index (χ0v) is 13.8. The van der Waals surface area contributed by atoms with Gasteiger partial charge in [-0.05, 0) is 36.2 Å². The smallest absolute Gasteiger partial charge is 0.173 e. The van der Waals surface area contributed by atoms with Crippen LogP contribution in [-0.2, 0) is 6.42 Å². The van der Waals surface area contributed by atoms with Crippen molar-refractivity contribution < 1.29 is 4.79 Å². The summed E-state index contributed by atoms with van der Waals surface area (Å²) in [6.07, 6.45) is 2.20. The lowest BCUT2D eigenvalue weighted by Gasteiger charge is -2.04. The van der Waals surface area contributed by atoms with E-state index >= 15 is 0 Å². The summed E-state index contributed by atoms with van der Waals surface area (Å²) in [4.78, 5) is 13.2. The summed E-state index contributed by atoms with van der Waals surface area (Å²) in [6, 6.07) is 16.0. The third kappa shape index (κ3) is 4.50. The van der Waals surface area contributed by atoms with Gasteiger partial charge in [0, 0.05) is 14.9 Å². The molecule has 0 heterocycles. The van der Waals surface area contributed by atoms with E-state index in [-0.39, 0.29) is 5.78 Å². The normalized spacial score (nSPS) is 10.5. The van der Waals surface area contributed by atoms with Crippen molar-refractivity contribution in [2.24, 2.45) is 0 Å². The van der Waals surface area contributed by atoms with Gasteiger partial charge >= 0.3 is 0 Å². The maximum Gasteiger partial charge on any atom is 0.173 e. The highest BCUT2D eigenvalue weighted by Crippen LogP contribution is 2.21. The molecule has 2 aromatic carbocycles. The molecule has 0 aliphatic carbocycles. The van der Waals surface area contributed by atoms with Gasteiger partial charge in [-0.15, -0.1) is 11.8 Å². The van der Waals surface area contributed by atoms with Crippen LogP contribution in [0.2, 0.25) is 0 Å². The van der Waals surface area contributed by atoms with Gasteiger partial charge in [-0.2, -0.15) is 0 Å². The van der Waals surface area contributed by atoms with Gasteiger partial charge in [0.05, 0.1) is 5.75 Å². The number of halogens is 1. The molecule has 0 amide bonds. The molecule has 0 fully saturated rings. The van der Waals surface area contributed by atoms with E-state index < -0.39 is 0 Å². The number of ketones is 1. The predicted octanol–water partition coefficient (Wildman–Crippen LogP) is 5.38. The first kappa shape index (κ1) is 15.3. The molecule has 1 nitrogen and oxygen atoms in total. The van der Waals surface area contributed by atoms with Crippen LogP contribution in [0.15, 0.2) is 57.9 Å². The number of Topliss-reactive ketones (excluding diaryl/α,β-unsaturated/α-hetero) is 1. The van der Waals surface area contributed by atoms with Crippen LogP contribution in [0.3, 0.4) is 0 Å². The predicted molar refractivity (Wildman–Crippen MR) is 89.6 cm³/mol. The Morgan fingerprint density at radius 2 is 1.70 bits per heavy atom. The molecule has 0 atom stereocenters. The molecule has 0 aromatic heterocycles. The third-order valence-corrected chi connectivity index (χ3v) is 4.54. The molecule has 0 spiro atoms. The standard InChI is InChI=1S/C17H17BrOS/c1-2-3-13-4-6-14(7-5-13)17(19)12-20-16-10-8-15(18)9-11-16/h4-11H,2-3,12H2,1H3. The number of carbonyl (C=O) groups is 1. The molecule has 0 saturated heterocycles. The Hall–Kier alpha value is -1.06. The van der Waals surface area contributed by atoms with Gasteiger partial charge in [-0.3, -0.25) is 4.79 Å². The van der Waals surface area contributed by atoms with Crippen molar-refractivity contribution in [2.75, 3.05) is 5.75 Å². The second-order valence-electron chi connectivity index (χ2n) is 4.61. The van der Waals surface area contributed by atoms with Gasteiger partial charge in [0.15, 0.2) is 5.78 Å². The molecule has 104 valence electrons. The fourth-order valence-electron chi connectivity index (χ4n) is 1.91. The molecule has 0 unspecified atom stereocenters. The van der Waals surface area contributed by atoms with Crippen molar-refractivity contribution in [3.63, 3.8) is 0 Å². The van der Waals surface area contributed by atoms with Crippen molar-refractivity contribution in [2.45, 2.75) is 24.7 Å². The van der Waals surface area contributed by atoms with Gasteiger partial charge in [-0.1, -0.05) is 53.5 Å². The number of hydrogen-bond acceptors (Lipinski definition) is 2. The van der Waals surface area contributed by atoms with Crippen LogP contribution in [0, 0.1) is 0 Å². The van der Waals surface area contributed by atoms with Crippen LogP contribution >= 0.6 is 27.7 Å². The Bertz CT molecular complexity index is 561. The highest BCUT2D eigenvalue weighted by molar-refractivity contribution is 9.10. The molecule has 0 N–H and O–H groups in total. The van der Waals surface area contributed by atoms with Crippen LogP contribution in [0.25, 0.3) is 0 Å². The Labute approximate surface area is 132 Å². The zero-order chi connectivity index (χ0) is 14.4. The number of thioether (sulfide) groups is 1. The first-order valence-corrected chi connectivity index (χ1v) is 8.47. The van der Waals surface area contributed by atoms with Crippen molar-refractivity contribution in [3.05, 3.63) is 64.1 Å². The minimum Gasteiger partial charge on any atom is -0.293 e. The average molecular weight is 349 g/mol. The molecule has 2 aromatic rings.